The van der Waals surface area contributed by atoms with E-state index in [1.54, 1.807) is 13.8 Å². The Bertz CT molecular complexity index is 598. The average molecular weight is 285 g/mol. The molecule has 0 radical (unpaired) electrons. The van der Waals surface area contributed by atoms with Gasteiger partial charge in [-0.05, 0) is 32.2 Å². The van der Waals surface area contributed by atoms with Crippen LogP contribution in [0, 0.1) is 13.8 Å². The van der Waals surface area contributed by atoms with Crippen molar-refractivity contribution in [3.05, 3.63) is 21.9 Å². The molecule has 2 rings (SSSR count). The van der Waals surface area contributed by atoms with Crippen LogP contribution in [-0.4, -0.2) is 37.0 Å². The van der Waals surface area contributed by atoms with E-state index in [0.29, 0.717) is 18.7 Å². The first-order valence-corrected chi connectivity index (χ1v) is 7.38. The number of nitrogens with zero attached hydrogens (tertiary/aromatic N) is 5. The topological polar surface area (TPSA) is 112 Å². The van der Waals surface area contributed by atoms with E-state index in [9.17, 15) is 8.42 Å². The molecule has 0 aromatic carbocycles. The van der Waals surface area contributed by atoms with Gasteiger partial charge in [-0.3, -0.25) is 0 Å². The van der Waals surface area contributed by atoms with Crippen LogP contribution < -0.4 is 0 Å². The van der Waals surface area contributed by atoms with Crippen LogP contribution >= 0.6 is 0 Å². The molecule has 0 aliphatic carbocycles. The molecule has 104 valence electrons. The van der Waals surface area contributed by atoms with Crippen molar-refractivity contribution in [2.75, 3.05) is 13.1 Å². The van der Waals surface area contributed by atoms with E-state index >= 15 is 0 Å². The molecule has 1 aromatic rings. The molecule has 9 heteroatoms. The van der Waals surface area contributed by atoms with Gasteiger partial charge < -0.3 is 4.52 Å². The maximum Gasteiger partial charge on any atom is 0.248 e. The van der Waals surface area contributed by atoms with Crippen molar-refractivity contribution in [2.24, 2.45) is 5.11 Å². The molecule has 0 spiro atoms. The SMILES string of the molecule is Cc1noc(C)c1S(=O)(=O)N1CCCC1CN=[N+]=[N-]. The van der Waals surface area contributed by atoms with Gasteiger partial charge in [-0.15, -0.1) is 0 Å². The van der Waals surface area contributed by atoms with Crippen molar-refractivity contribution in [3.8, 4) is 0 Å². The summed E-state index contributed by atoms with van der Waals surface area (Å²) >= 11 is 0. The lowest BCUT2D eigenvalue weighted by atomic mass is 10.2. The van der Waals surface area contributed by atoms with Crippen molar-refractivity contribution in [2.45, 2.75) is 37.6 Å². The van der Waals surface area contributed by atoms with Gasteiger partial charge in [0.2, 0.25) is 10.0 Å². The molecule has 19 heavy (non-hydrogen) atoms. The minimum Gasteiger partial charge on any atom is -0.360 e. The van der Waals surface area contributed by atoms with Crippen molar-refractivity contribution in [3.63, 3.8) is 0 Å². The molecule has 1 fully saturated rings. The molecule has 0 bridgehead atoms. The third-order valence-corrected chi connectivity index (χ3v) is 5.41. The van der Waals surface area contributed by atoms with Crippen LogP contribution in [-0.2, 0) is 10.0 Å². The van der Waals surface area contributed by atoms with Crippen LogP contribution in [0.3, 0.4) is 0 Å². The summed E-state index contributed by atoms with van der Waals surface area (Å²) < 4.78 is 31.5. The summed E-state index contributed by atoms with van der Waals surface area (Å²) in [6.07, 6.45) is 1.45. The van der Waals surface area contributed by atoms with Gasteiger partial charge in [0.05, 0.1) is 0 Å². The van der Waals surface area contributed by atoms with E-state index in [1.165, 1.54) is 4.31 Å². The Morgan fingerprint density at radius 2 is 2.32 bits per heavy atom. The second-order valence-corrected chi connectivity index (χ2v) is 6.31. The minimum atomic E-state index is -3.64. The second-order valence-electron chi connectivity index (χ2n) is 4.48. The largest absolute Gasteiger partial charge is 0.360 e. The molecular weight excluding hydrogens is 270 g/mol. The number of aromatic nitrogens is 1. The molecule has 0 amide bonds. The van der Waals surface area contributed by atoms with Gasteiger partial charge in [0.25, 0.3) is 0 Å². The van der Waals surface area contributed by atoms with Crippen LogP contribution in [0.2, 0.25) is 0 Å². The Morgan fingerprint density at radius 1 is 1.58 bits per heavy atom. The van der Waals surface area contributed by atoms with Gasteiger partial charge in [0.15, 0.2) is 5.76 Å². The van der Waals surface area contributed by atoms with Gasteiger partial charge in [-0.2, -0.15) is 4.31 Å². The van der Waals surface area contributed by atoms with E-state index in [4.69, 9.17) is 10.1 Å². The fourth-order valence-corrected chi connectivity index (χ4v) is 4.38. The van der Waals surface area contributed by atoms with Crippen molar-refractivity contribution < 1.29 is 12.9 Å². The number of azide groups is 1. The highest BCUT2D eigenvalue weighted by Gasteiger charge is 2.38. The zero-order chi connectivity index (χ0) is 14.0. The van der Waals surface area contributed by atoms with Crippen molar-refractivity contribution in [1.29, 1.82) is 0 Å². The Kier molecular flexibility index (Phi) is 3.79. The first-order valence-electron chi connectivity index (χ1n) is 5.94. The summed E-state index contributed by atoms with van der Waals surface area (Å²) in [5.41, 5.74) is 8.71. The highest BCUT2D eigenvalue weighted by Crippen LogP contribution is 2.29. The maximum absolute atomic E-state index is 12.6. The molecule has 0 saturated carbocycles. The lowest BCUT2D eigenvalue weighted by Crippen LogP contribution is -2.37. The van der Waals surface area contributed by atoms with Crippen LogP contribution in [0.4, 0.5) is 0 Å². The van der Waals surface area contributed by atoms with Gasteiger partial charge in [0, 0.05) is 24.0 Å². The number of sulfonamides is 1. The fraction of sp³-hybridized carbons (Fsp3) is 0.700. The van der Waals surface area contributed by atoms with Gasteiger partial charge >= 0.3 is 0 Å². The van der Waals surface area contributed by atoms with Crippen molar-refractivity contribution in [1.82, 2.24) is 9.46 Å². The second kappa shape index (κ2) is 5.20. The van der Waals surface area contributed by atoms with Gasteiger partial charge in [-0.25, -0.2) is 8.42 Å². The van der Waals surface area contributed by atoms with Crippen LogP contribution in [0.25, 0.3) is 10.4 Å². The fourth-order valence-electron chi connectivity index (χ4n) is 2.40. The third kappa shape index (κ3) is 2.44. The van der Waals surface area contributed by atoms with Gasteiger partial charge in [0.1, 0.15) is 10.6 Å². The maximum atomic E-state index is 12.6. The Morgan fingerprint density at radius 3 is 2.89 bits per heavy atom. The minimum absolute atomic E-state index is 0.125. The standard InChI is InChI=1S/C10H15N5O3S/c1-7-10(8(2)18-13-7)19(16,17)15-5-3-4-9(15)6-12-14-11/h9H,3-6H2,1-2H3. The highest BCUT2D eigenvalue weighted by molar-refractivity contribution is 7.89. The summed E-state index contributed by atoms with van der Waals surface area (Å²) in [5, 5.41) is 7.16. The molecule has 1 unspecified atom stereocenters. The smallest absolute Gasteiger partial charge is 0.248 e. The van der Waals surface area contributed by atoms with Crippen LogP contribution in [0.1, 0.15) is 24.3 Å². The first-order chi connectivity index (χ1) is 8.98. The predicted molar refractivity (Wildman–Crippen MR) is 66.9 cm³/mol. The number of hydrogen-bond donors (Lipinski definition) is 0. The summed E-state index contributed by atoms with van der Waals surface area (Å²) in [6, 6.07) is -0.283. The summed E-state index contributed by atoms with van der Waals surface area (Å²) in [5.74, 6) is 0.284. The zero-order valence-corrected chi connectivity index (χ0v) is 11.6. The lowest BCUT2D eigenvalue weighted by Gasteiger charge is -2.22. The van der Waals surface area contributed by atoms with E-state index < -0.39 is 10.0 Å². The Balaban J connectivity index is 2.36. The average Bonchev–Trinajstić information content (AvgIpc) is 2.94. The normalized spacial score (nSPS) is 20.4. The predicted octanol–water partition coefficient (Wildman–Crippen LogP) is 1.75. The third-order valence-electron chi connectivity index (χ3n) is 3.21. The van der Waals surface area contributed by atoms with E-state index in [1.807, 2.05) is 0 Å². The zero-order valence-electron chi connectivity index (χ0n) is 10.8. The summed E-state index contributed by atoms with van der Waals surface area (Å²) in [6.45, 7) is 3.75. The molecule has 1 atom stereocenters. The van der Waals surface area contributed by atoms with Crippen LogP contribution in [0.5, 0.6) is 0 Å². The number of rotatable bonds is 4. The molecule has 2 heterocycles. The van der Waals surface area contributed by atoms with E-state index in [-0.39, 0.29) is 23.2 Å². The quantitative estimate of drug-likeness (QED) is 0.476. The van der Waals surface area contributed by atoms with E-state index in [0.717, 1.165) is 6.42 Å². The van der Waals surface area contributed by atoms with Gasteiger partial charge in [-0.1, -0.05) is 10.3 Å². The lowest BCUT2D eigenvalue weighted by molar-refractivity contribution is 0.382. The van der Waals surface area contributed by atoms with Crippen molar-refractivity contribution >= 4 is 10.0 Å². The molecule has 1 aliphatic rings. The van der Waals surface area contributed by atoms with E-state index in [2.05, 4.69) is 15.2 Å². The van der Waals surface area contributed by atoms with Crippen LogP contribution in [0.15, 0.2) is 14.5 Å². The summed E-state index contributed by atoms with van der Waals surface area (Å²) in [7, 11) is -3.64. The molecular formula is C10H15N5O3S. The molecule has 8 nitrogen and oxygen atoms in total. The Hall–Kier alpha value is -1.57. The number of hydrogen-bond acceptors (Lipinski definition) is 5. The highest BCUT2D eigenvalue weighted by atomic mass is 32.2. The number of aryl methyl sites for hydroxylation is 2. The molecule has 1 aromatic heterocycles. The first kappa shape index (κ1) is 13.9. The monoisotopic (exact) mass is 285 g/mol. The Labute approximate surface area is 111 Å². The molecule has 0 N–H and O–H groups in total. The molecule has 1 saturated heterocycles. The summed E-state index contributed by atoms with van der Waals surface area (Å²) in [4.78, 5) is 2.81. The molecule has 1 aliphatic heterocycles.